The van der Waals surface area contributed by atoms with E-state index in [0.29, 0.717) is 0 Å². The third kappa shape index (κ3) is 11.2. The van der Waals surface area contributed by atoms with Gasteiger partial charge in [0.1, 0.15) is 11.7 Å². The molecule has 0 heterocycles. The maximum Gasteiger partial charge on any atom is 0.472 e. The minimum Gasteiger partial charge on any atom is -0.444 e. The number of ether oxygens (including phenoxy) is 1. The first-order valence-corrected chi connectivity index (χ1v) is 7.43. The lowest BCUT2D eigenvalue weighted by molar-refractivity contribution is 0.0353. The minimum absolute atomic E-state index is 0.0502. The van der Waals surface area contributed by atoms with Crippen LogP contribution in [0.2, 0.25) is 0 Å². The molecule has 0 aromatic rings. The second-order valence-electron chi connectivity index (χ2n) is 4.86. The molecule has 1 unspecified atom stereocenters. The standard InChI is InChI=1S/C10H22NO8P/c1-10(2,3)19-9(14)11-4-5-17-20(15,16)18-7-8(13)6-12/h8,12-13H,4-7H2,1-3H3,(H,11,14)(H,15,16)/t8-/m1/s1. The molecule has 0 saturated carbocycles. The average molecular weight is 315 g/mol. The largest absolute Gasteiger partial charge is 0.472 e. The molecule has 0 aromatic carbocycles. The fourth-order valence-corrected chi connectivity index (χ4v) is 1.66. The zero-order valence-corrected chi connectivity index (χ0v) is 12.6. The van der Waals surface area contributed by atoms with Crippen LogP contribution in [-0.2, 0) is 18.3 Å². The highest BCUT2D eigenvalue weighted by atomic mass is 31.2. The van der Waals surface area contributed by atoms with Crippen molar-refractivity contribution in [3.63, 3.8) is 0 Å². The summed E-state index contributed by atoms with van der Waals surface area (Å²) in [4.78, 5) is 20.4. The molecule has 1 amide bonds. The first kappa shape index (κ1) is 19.3. The van der Waals surface area contributed by atoms with Gasteiger partial charge in [-0.3, -0.25) is 9.05 Å². The van der Waals surface area contributed by atoms with E-state index in [9.17, 15) is 14.3 Å². The number of aliphatic hydroxyl groups is 2. The minimum atomic E-state index is -4.32. The molecule has 120 valence electrons. The molecule has 0 saturated heterocycles. The summed E-state index contributed by atoms with van der Waals surface area (Å²) in [6, 6.07) is 0. The number of carbonyl (C=O) groups is 1. The maximum atomic E-state index is 11.3. The van der Waals surface area contributed by atoms with Gasteiger partial charge in [0.15, 0.2) is 0 Å². The van der Waals surface area contributed by atoms with Crippen molar-refractivity contribution in [1.29, 1.82) is 0 Å². The molecule has 20 heavy (non-hydrogen) atoms. The van der Waals surface area contributed by atoms with Gasteiger partial charge in [-0.1, -0.05) is 0 Å². The smallest absolute Gasteiger partial charge is 0.444 e. The zero-order valence-electron chi connectivity index (χ0n) is 11.7. The summed E-state index contributed by atoms with van der Waals surface area (Å²) in [5, 5.41) is 19.8. The summed E-state index contributed by atoms with van der Waals surface area (Å²) < 4.78 is 25.2. The summed E-state index contributed by atoms with van der Waals surface area (Å²) in [5.41, 5.74) is -0.638. The molecule has 9 nitrogen and oxygen atoms in total. The predicted molar refractivity (Wildman–Crippen MR) is 69.1 cm³/mol. The summed E-state index contributed by atoms with van der Waals surface area (Å²) in [5.74, 6) is 0. The van der Waals surface area contributed by atoms with Crippen LogP contribution < -0.4 is 5.32 Å². The zero-order chi connectivity index (χ0) is 15.8. The third-order valence-corrected chi connectivity index (χ3v) is 2.65. The van der Waals surface area contributed by atoms with Crippen molar-refractivity contribution in [2.45, 2.75) is 32.5 Å². The van der Waals surface area contributed by atoms with Gasteiger partial charge < -0.3 is 25.2 Å². The number of hydrogen-bond donors (Lipinski definition) is 4. The van der Waals surface area contributed by atoms with E-state index in [-0.39, 0.29) is 13.2 Å². The summed E-state index contributed by atoms with van der Waals surface area (Å²) in [7, 11) is -4.32. The van der Waals surface area contributed by atoms with Crippen LogP contribution in [0.4, 0.5) is 4.79 Å². The normalized spacial score (nSPS) is 16.3. The van der Waals surface area contributed by atoms with Crippen LogP contribution in [0, 0.1) is 0 Å². The van der Waals surface area contributed by atoms with E-state index in [1.165, 1.54) is 0 Å². The van der Waals surface area contributed by atoms with Gasteiger partial charge in [-0.2, -0.15) is 0 Å². The van der Waals surface area contributed by atoms with Crippen molar-refractivity contribution in [3.05, 3.63) is 0 Å². The Kier molecular flexibility index (Phi) is 8.26. The van der Waals surface area contributed by atoms with E-state index in [1.54, 1.807) is 20.8 Å². The highest BCUT2D eigenvalue weighted by Crippen LogP contribution is 2.42. The molecule has 0 radical (unpaired) electrons. The summed E-state index contributed by atoms with van der Waals surface area (Å²) in [6.45, 7) is 3.64. The van der Waals surface area contributed by atoms with Gasteiger partial charge in [0.25, 0.3) is 0 Å². The third-order valence-electron chi connectivity index (χ3n) is 1.67. The van der Waals surface area contributed by atoms with Gasteiger partial charge in [-0.15, -0.1) is 0 Å². The van der Waals surface area contributed by atoms with Crippen LogP contribution in [0.5, 0.6) is 0 Å². The number of amides is 1. The van der Waals surface area contributed by atoms with Crippen molar-refractivity contribution >= 4 is 13.9 Å². The van der Waals surface area contributed by atoms with E-state index in [1.807, 2.05) is 0 Å². The number of nitrogens with one attached hydrogen (secondary N) is 1. The molecule has 0 rings (SSSR count). The molecule has 0 aromatic heterocycles. The summed E-state index contributed by atoms with van der Waals surface area (Å²) in [6.07, 6.45) is -1.94. The number of phosphoric acid groups is 1. The Morgan fingerprint density at radius 3 is 2.45 bits per heavy atom. The molecule has 10 heteroatoms. The second kappa shape index (κ2) is 8.56. The molecular formula is C10H22NO8P. The van der Waals surface area contributed by atoms with Crippen molar-refractivity contribution in [3.8, 4) is 0 Å². The van der Waals surface area contributed by atoms with Gasteiger partial charge in [-0.25, -0.2) is 9.36 Å². The highest BCUT2D eigenvalue weighted by Gasteiger charge is 2.22. The number of carbonyl (C=O) groups excluding carboxylic acids is 1. The Morgan fingerprint density at radius 1 is 1.35 bits per heavy atom. The van der Waals surface area contributed by atoms with Crippen LogP contribution in [0.1, 0.15) is 20.8 Å². The molecule has 0 aliphatic carbocycles. The SMILES string of the molecule is CC(C)(C)OC(=O)NCCOP(=O)(O)OC[C@H](O)CO. The maximum absolute atomic E-state index is 11.3. The van der Waals surface area contributed by atoms with Crippen LogP contribution in [-0.4, -0.2) is 59.3 Å². The van der Waals surface area contributed by atoms with Gasteiger partial charge in [0, 0.05) is 6.54 Å². The number of aliphatic hydroxyl groups excluding tert-OH is 2. The molecule has 2 atom stereocenters. The Hall–Kier alpha value is -0.700. The van der Waals surface area contributed by atoms with Crippen molar-refractivity contribution in [2.75, 3.05) is 26.4 Å². The van der Waals surface area contributed by atoms with E-state index in [0.717, 1.165) is 0 Å². The topological polar surface area (TPSA) is 135 Å². The first-order chi connectivity index (χ1) is 9.06. The predicted octanol–water partition coefficient (Wildman–Crippen LogP) is -0.00210. The summed E-state index contributed by atoms with van der Waals surface area (Å²) >= 11 is 0. The number of alkyl carbamates (subject to hydrolysis) is 1. The molecule has 0 aliphatic rings. The van der Waals surface area contributed by atoms with Gasteiger partial charge in [0.05, 0.1) is 19.8 Å². The average Bonchev–Trinajstić information content (AvgIpc) is 2.29. The molecule has 0 fully saturated rings. The molecule has 4 N–H and O–H groups in total. The second-order valence-corrected chi connectivity index (χ2v) is 6.32. The molecule has 0 aliphatic heterocycles. The fraction of sp³-hybridized carbons (Fsp3) is 0.900. The quantitative estimate of drug-likeness (QED) is 0.363. The van der Waals surface area contributed by atoms with E-state index >= 15 is 0 Å². The van der Waals surface area contributed by atoms with Gasteiger partial charge >= 0.3 is 13.9 Å². The number of phosphoric ester groups is 1. The van der Waals surface area contributed by atoms with Crippen molar-refractivity contribution in [1.82, 2.24) is 5.32 Å². The number of rotatable bonds is 8. The molecular weight excluding hydrogens is 293 g/mol. The molecule has 0 spiro atoms. The van der Waals surface area contributed by atoms with Gasteiger partial charge in [-0.05, 0) is 20.8 Å². The molecule has 0 bridgehead atoms. The first-order valence-electron chi connectivity index (χ1n) is 5.93. The highest BCUT2D eigenvalue weighted by molar-refractivity contribution is 7.47. The van der Waals surface area contributed by atoms with Crippen LogP contribution in [0.15, 0.2) is 0 Å². The lowest BCUT2D eigenvalue weighted by Gasteiger charge is -2.19. The fourth-order valence-electron chi connectivity index (χ4n) is 0.898. The van der Waals surface area contributed by atoms with Gasteiger partial charge in [0.2, 0.25) is 0 Å². The monoisotopic (exact) mass is 315 g/mol. The van der Waals surface area contributed by atoms with E-state index in [4.69, 9.17) is 14.9 Å². The van der Waals surface area contributed by atoms with Crippen LogP contribution >= 0.6 is 7.82 Å². The lowest BCUT2D eigenvalue weighted by Crippen LogP contribution is -2.34. The Bertz CT molecular complexity index is 343. The Morgan fingerprint density at radius 2 is 1.95 bits per heavy atom. The van der Waals surface area contributed by atoms with Crippen LogP contribution in [0.3, 0.4) is 0 Å². The Labute approximate surface area is 117 Å². The lowest BCUT2D eigenvalue weighted by atomic mass is 10.2. The number of hydrogen-bond acceptors (Lipinski definition) is 7. The van der Waals surface area contributed by atoms with E-state index < -0.39 is 38.8 Å². The van der Waals surface area contributed by atoms with Crippen LogP contribution in [0.25, 0.3) is 0 Å². The Balaban J connectivity index is 3.83. The van der Waals surface area contributed by atoms with E-state index in [2.05, 4.69) is 14.4 Å². The van der Waals surface area contributed by atoms with Crippen molar-refractivity contribution < 1.29 is 38.3 Å². The van der Waals surface area contributed by atoms with Crippen molar-refractivity contribution in [2.24, 2.45) is 0 Å².